The van der Waals surface area contributed by atoms with Crippen molar-refractivity contribution in [3.05, 3.63) is 23.4 Å². The zero-order chi connectivity index (χ0) is 10.9. The Hall–Kier alpha value is -1.79. The fraction of sp³-hybridized carbons (Fsp3) is 0.143. The van der Waals surface area contributed by atoms with E-state index in [-0.39, 0.29) is 5.82 Å². The molecule has 0 unspecified atom stereocenters. The van der Waals surface area contributed by atoms with Crippen molar-refractivity contribution in [3.63, 3.8) is 0 Å². The lowest BCUT2D eigenvalue weighted by atomic mass is 10.1. The normalized spacial score (nSPS) is 11.4. The molecule has 1 heterocycles. The van der Waals surface area contributed by atoms with E-state index in [0.29, 0.717) is 12.3 Å². The van der Waals surface area contributed by atoms with E-state index in [0.717, 1.165) is 0 Å². The van der Waals surface area contributed by atoms with Gasteiger partial charge in [0.2, 0.25) is 0 Å². The molecule has 0 bridgehead atoms. The second-order valence-electron chi connectivity index (χ2n) is 2.52. The van der Waals surface area contributed by atoms with E-state index in [1.54, 1.807) is 0 Å². The summed E-state index contributed by atoms with van der Waals surface area (Å²) in [6, 6.07) is 0.570. The lowest BCUT2D eigenvalue weighted by Gasteiger charge is -2.10. The molecule has 1 aromatic heterocycles. The minimum absolute atomic E-state index is 0.317. The van der Waals surface area contributed by atoms with Crippen LogP contribution in [0.4, 0.5) is 19.0 Å². The molecule has 4 nitrogen and oxygen atoms in total. The van der Waals surface area contributed by atoms with Gasteiger partial charge in [-0.05, 0) is 6.07 Å². The van der Waals surface area contributed by atoms with E-state index < -0.39 is 23.2 Å². The van der Waals surface area contributed by atoms with Crippen molar-refractivity contribution in [3.8, 4) is 0 Å². The Morgan fingerprint density at radius 1 is 1.43 bits per heavy atom. The van der Waals surface area contributed by atoms with E-state index >= 15 is 0 Å². The second kappa shape index (κ2) is 3.17. The van der Waals surface area contributed by atoms with Crippen LogP contribution in [0.5, 0.6) is 0 Å². The molecule has 4 N–H and O–H groups in total. The van der Waals surface area contributed by atoms with Crippen LogP contribution in [0.2, 0.25) is 0 Å². The first-order valence-corrected chi connectivity index (χ1v) is 3.45. The van der Waals surface area contributed by atoms with E-state index in [2.05, 4.69) is 4.98 Å². The van der Waals surface area contributed by atoms with Crippen LogP contribution in [0.25, 0.3) is 0 Å². The van der Waals surface area contributed by atoms with Crippen LogP contribution < -0.4 is 11.5 Å². The molecule has 0 saturated carbocycles. The van der Waals surface area contributed by atoms with Gasteiger partial charge in [0.1, 0.15) is 5.82 Å². The van der Waals surface area contributed by atoms with Crippen molar-refractivity contribution in [1.29, 1.82) is 0 Å². The van der Waals surface area contributed by atoms with Gasteiger partial charge in [-0.3, -0.25) is 4.79 Å². The standard InChI is InChI=1S/C7H6F3N3O/c8-7(9,10)4-1-5(11)13-2-3(4)6(12)14/h1-2H,(H2,11,13)(H2,12,14). The summed E-state index contributed by atoms with van der Waals surface area (Å²) in [5.74, 6) is -1.51. The predicted octanol–water partition coefficient (Wildman–Crippen LogP) is 0.782. The summed E-state index contributed by atoms with van der Waals surface area (Å²) < 4.78 is 36.9. The van der Waals surface area contributed by atoms with Gasteiger partial charge < -0.3 is 11.5 Å². The number of alkyl halides is 3. The van der Waals surface area contributed by atoms with E-state index in [4.69, 9.17) is 11.5 Å². The Morgan fingerprint density at radius 3 is 2.43 bits per heavy atom. The molecular formula is C7H6F3N3O. The van der Waals surface area contributed by atoms with Crippen LogP contribution in [-0.4, -0.2) is 10.9 Å². The Balaban J connectivity index is 3.38. The highest BCUT2D eigenvalue weighted by molar-refractivity contribution is 5.94. The fourth-order valence-electron chi connectivity index (χ4n) is 0.902. The number of nitrogens with two attached hydrogens (primary N) is 2. The van der Waals surface area contributed by atoms with Crippen LogP contribution in [0.15, 0.2) is 12.3 Å². The molecule has 0 radical (unpaired) electrons. The van der Waals surface area contributed by atoms with Crippen LogP contribution in [0.1, 0.15) is 15.9 Å². The summed E-state index contributed by atoms with van der Waals surface area (Å²) in [7, 11) is 0. The molecule has 0 saturated heterocycles. The number of hydrogen-bond acceptors (Lipinski definition) is 3. The van der Waals surface area contributed by atoms with Crippen LogP contribution in [-0.2, 0) is 6.18 Å². The van der Waals surface area contributed by atoms with Gasteiger partial charge in [-0.2, -0.15) is 13.2 Å². The predicted molar refractivity (Wildman–Crippen MR) is 42.2 cm³/mol. The molecule has 1 rings (SSSR count). The number of pyridine rings is 1. The maximum atomic E-state index is 12.3. The molecule has 7 heteroatoms. The summed E-state index contributed by atoms with van der Waals surface area (Å²) in [5.41, 5.74) is 7.95. The molecule has 0 aromatic carbocycles. The molecule has 1 aromatic rings. The van der Waals surface area contributed by atoms with Crippen molar-refractivity contribution < 1.29 is 18.0 Å². The number of primary amides is 1. The number of nitrogen functional groups attached to an aromatic ring is 1. The molecule has 0 atom stereocenters. The quantitative estimate of drug-likeness (QED) is 0.710. The first kappa shape index (κ1) is 10.3. The highest BCUT2D eigenvalue weighted by Crippen LogP contribution is 2.32. The van der Waals surface area contributed by atoms with E-state index in [9.17, 15) is 18.0 Å². The van der Waals surface area contributed by atoms with Crippen molar-refractivity contribution in [2.24, 2.45) is 5.73 Å². The zero-order valence-electron chi connectivity index (χ0n) is 6.80. The number of carbonyl (C=O) groups is 1. The molecule has 14 heavy (non-hydrogen) atoms. The van der Waals surface area contributed by atoms with Gasteiger partial charge in [-0.1, -0.05) is 0 Å². The van der Waals surface area contributed by atoms with Gasteiger partial charge in [-0.15, -0.1) is 0 Å². The van der Waals surface area contributed by atoms with Crippen LogP contribution in [0, 0.1) is 0 Å². The summed E-state index contributed by atoms with van der Waals surface area (Å²) in [5, 5.41) is 0. The van der Waals surface area contributed by atoms with Crippen molar-refractivity contribution in [1.82, 2.24) is 4.98 Å². The largest absolute Gasteiger partial charge is 0.417 e. The third kappa shape index (κ3) is 1.93. The number of amides is 1. The maximum Gasteiger partial charge on any atom is 0.417 e. The van der Waals surface area contributed by atoms with Crippen LogP contribution in [0.3, 0.4) is 0 Å². The SMILES string of the molecule is NC(=O)c1cnc(N)cc1C(F)(F)F. The maximum absolute atomic E-state index is 12.3. The second-order valence-corrected chi connectivity index (χ2v) is 2.52. The molecular weight excluding hydrogens is 199 g/mol. The van der Waals surface area contributed by atoms with Crippen molar-refractivity contribution in [2.45, 2.75) is 6.18 Å². The Morgan fingerprint density at radius 2 is 2.00 bits per heavy atom. The molecule has 1 amide bonds. The molecule has 0 aliphatic heterocycles. The highest BCUT2D eigenvalue weighted by Gasteiger charge is 2.35. The Bertz CT molecular complexity index is 375. The third-order valence-electron chi connectivity index (χ3n) is 1.50. The minimum Gasteiger partial charge on any atom is -0.384 e. The lowest BCUT2D eigenvalue weighted by molar-refractivity contribution is -0.137. The van der Waals surface area contributed by atoms with Crippen molar-refractivity contribution in [2.75, 3.05) is 5.73 Å². The number of rotatable bonds is 1. The summed E-state index contributed by atoms with van der Waals surface area (Å²) in [4.78, 5) is 14.0. The number of halogens is 3. The highest BCUT2D eigenvalue weighted by atomic mass is 19.4. The van der Waals surface area contributed by atoms with Gasteiger partial charge in [-0.25, -0.2) is 4.98 Å². The van der Waals surface area contributed by atoms with Gasteiger partial charge in [0.05, 0.1) is 11.1 Å². The monoisotopic (exact) mass is 205 g/mol. The van der Waals surface area contributed by atoms with Gasteiger partial charge in [0, 0.05) is 6.20 Å². The fourth-order valence-corrected chi connectivity index (χ4v) is 0.902. The third-order valence-corrected chi connectivity index (χ3v) is 1.50. The van der Waals surface area contributed by atoms with E-state index in [1.807, 2.05) is 0 Å². The Labute approximate surface area is 76.7 Å². The lowest BCUT2D eigenvalue weighted by Crippen LogP contribution is -2.19. The summed E-state index contributed by atoms with van der Waals surface area (Å²) in [6.07, 6.45) is -3.96. The smallest absolute Gasteiger partial charge is 0.384 e. The van der Waals surface area contributed by atoms with Gasteiger partial charge in [0.25, 0.3) is 5.91 Å². The number of hydrogen-bond donors (Lipinski definition) is 2. The first-order valence-electron chi connectivity index (χ1n) is 3.45. The summed E-state index contributed by atoms with van der Waals surface area (Å²) >= 11 is 0. The number of nitrogens with zero attached hydrogens (tertiary/aromatic N) is 1. The molecule has 0 aliphatic rings. The zero-order valence-corrected chi connectivity index (χ0v) is 6.80. The average Bonchev–Trinajstić information content (AvgIpc) is 2.01. The Kier molecular flexibility index (Phi) is 2.33. The first-order chi connectivity index (χ1) is 6.32. The van der Waals surface area contributed by atoms with Gasteiger partial charge >= 0.3 is 6.18 Å². The molecule has 0 aliphatic carbocycles. The summed E-state index contributed by atoms with van der Waals surface area (Å²) in [6.45, 7) is 0. The number of aromatic nitrogens is 1. The topological polar surface area (TPSA) is 82.0 Å². The van der Waals surface area contributed by atoms with Gasteiger partial charge in [0.15, 0.2) is 0 Å². The number of carbonyl (C=O) groups excluding carboxylic acids is 1. The molecule has 0 fully saturated rings. The average molecular weight is 205 g/mol. The molecule has 76 valence electrons. The molecule has 0 spiro atoms. The van der Waals surface area contributed by atoms with Crippen LogP contribution >= 0.6 is 0 Å². The number of anilines is 1. The van der Waals surface area contributed by atoms with E-state index in [1.165, 1.54) is 0 Å². The van der Waals surface area contributed by atoms with Crippen molar-refractivity contribution >= 4 is 11.7 Å². The minimum atomic E-state index is -4.67.